The Morgan fingerprint density at radius 2 is 1.95 bits per heavy atom. The van der Waals surface area contributed by atoms with Crippen molar-refractivity contribution in [3.05, 3.63) is 22.8 Å². The quantitative estimate of drug-likeness (QED) is 0.897. The second kappa shape index (κ2) is 6.66. The number of aromatic nitrogens is 2. The molecular formula is C17H29N3. The molecule has 112 valence electrons. The summed E-state index contributed by atoms with van der Waals surface area (Å²) in [5, 5.41) is 3.56. The summed E-state index contributed by atoms with van der Waals surface area (Å²) < 4.78 is 0. The topological polar surface area (TPSA) is 37.8 Å². The highest BCUT2D eigenvalue weighted by atomic mass is 14.9. The zero-order chi connectivity index (χ0) is 14.7. The van der Waals surface area contributed by atoms with Crippen molar-refractivity contribution in [2.75, 3.05) is 6.54 Å². The minimum absolute atomic E-state index is 0.571. The summed E-state index contributed by atoms with van der Waals surface area (Å²) in [6.45, 7) is 12.1. The fraction of sp³-hybridized carbons (Fsp3) is 0.765. The van der Waals surface area contributed by atoms with Crippen LogP contribution >= 0.6 is 0 Å². The van der Waals surface area contributed by atoms with Gasteiger partial charge in [-0.2, -0.15) is 0 Å². The SMILES string of the molecule is Cc1nc(CC(C)C)nc2c1CC(CNC(C)C)CC2. The van der Waals surface area contributed by atoms with E-state index in [1.165, 1.54) is 23.4 Å². The first-order chi connectivity index (χ1) is 9.45. The molecule has 0 aromatic carbocycles. The Labute approximate surface area is 123 Å². The Balaban J connectivity index is 2.09. The molecule has 0 saturated carbocycles. The molecule has 3 nitrogen and oxygen atoms in total. The van der Waals surface area contributed by atoms with Gasteiger partial charge in [-0.15, -0.1) is 0 Å². The predicted molar refractivity (Wildman–Crippen MR) is 84.0 cm³/mol. The number of rotatable bonds is 5. The van der Waals surface area contributed by atoms with Crippen LogP contribution in [0.5, 0.6) is 0 Å². The maximum absolute atomic E-state index is 4.81. The molecule has 1 unspecified atom stereocenters. The van der Waals surface area contributed by atoms with Crippen LogP contribution in [0.25, 0.3) is 0 Å². The Morgan fingerprint density at radius 3 is 2.60 bits per heavy atom. The van der Waals surface area contributed by atoms with Gasteiger partial charge in [-0.25, -0.2) is 9.97 Å². The predicted octanol–water partition coefficient (Wildman–Crippen LogP) is 3.09. The molecular weight excluding hydrogens is 246 g/mol. The van der Waals surface area contributed by atoms with Crippen LogP contribution in [-0.2, 0) is 19.3 Å². The molecule has 0 saturated heterocycles. The summed E-state index contributed by atoms with van der Waals surface area (Å²) in [4.78, 5) is 9.54. The van der Waals surface area contributed by atoms with Crippen LogP contribution in [0.2, 0.25) is 0 Å². The highest BCUT2D eigenvalue weighted by molar-refractivity contribution is 5.28. The van der Waals surface area contributed by atoms with Gasteiger partial charge in [0.05, 0.1) is 0 Å². The summed E-state index contributed by atoms with van der Waals surface area (Å²) >= 11 is 0. The Bertz CT molecular complexity index is 452. The highest BCUT2D eigenvalue weighted by Crippen LogP contribution is 2.26. The summed E-state index contributed by atoms with van der Waals surface area (Å²) in [6.07, 6.45) is 4.51. The van der Waals surface area contributed by atoms with Gasteiger partial charge < -0.3 is 5.32 Å². The van der Waals surface area contributed by atoms with E-state index in [0.29, 0.717) is 12.0 Å². The van der Waals surface area contributed by atoms with Crippen molar-refractivity contribution in [1.82, 2.24) is 15.3 Å². The van der Waals surface area contributed by atoms with Gasteiger partial charge in [-0.3, -0.25) is 0 Å². The van der Waals surface area contributed by atoms with Gasteiger partial charge in [0.1, 0.15) is 5.82 Å². The van der Waals surface area contributed by atoms with E-state index < -0.39 is 0 Å². The Morgan fingerprint density at radius 1 is 1.20 bits per heavy atom. The second-order valence-corrected chi connectivity index (χ2v) is 6.92. The van der Waals surface area contributed by atoms with Crippen molar-refractivity contribution in [2.24, 2.45) is 11.8 Å². The van der Waals surface area contributed by atoms with Crippen LogP contribution in [0, 0.1) is 18.8 Å². The number of nitrogens with zero attached hydrogens (tertiary/aromatic N) is 2. The van der Waals surface area contributed by atoms with E-state index in [1.807, 2.05) is 0 Å². The molecule has 1 atom stereocenters. The van der Waals surface area contributed by atoms with Crippen molar-refractivity contribution >= 4 is 0 Å². The zero-order valence-electron chi connectivity index (χ0n) is 13.7. The summed E-state index contributed by atoms with van der Waals surface area (Å²) in [6, 6.07) is 0.571. The van der Waals surface area contributed by atoms with Gasteiger partial charge in [0.25, 0.3) is 0 Å². The Hall–Kier alpha value is -0.960. The molecule has 1 N–H and O–H groups in total. The number of nitrogens with one attached hydrogen (secondary N) is 1. The van der Waals surface area contributed by atoms with Crippen LogP contribution in [0.4, 0.5) is 0 Å². The molecule has 0 bridgehead atoms. The fourth-order valence-corrected chi connectivity index (χ4v) is 2.96. The molecule has 0 fully saturated rings. The standard InChI is InChI=1S/C17H29N3/c1-11(2)8-17-19-13(5)15-9-14(10-18-12(3)4)6-7-16(15)20-17/h11-12,14,18H,6-10H2,1-5H3. The van der Waals surface area contributed by atoms with Crippen molar-refractivity contribution in [3.63, 3.8) is 0 Å². The van der Waals surface area contributed by atoms with Crippen molar-refractivity contribution < 1.29 is 0 Å². The molecule has 0 amide bonds. The molecule has 0 aliphatic heterocycles. The van der Waals surface area contributed by atoms with Gasteiger partial charge in [0.15, 0.2) is 0 Å². The van der Waals surface area contributed by atoms with Gasteiger partial charge in [0, 0.05) is 23.9 Å². The van der Waals surface area contributed by atoms with E-state index in [-0.39, 0.29) is 0 Å². The second-order valence-electron chi connectivity index (χ2n) is 6.92. The fourth-order valence-electron chi connectivity index (χ4n) is 2.96. The average Bonchev–Trinajstić information content (AvgIpc) is 2.35. The van der Waals surface area contributed by atoms with Gasteiger partial charge in [-0.05, 0) is 50.1 Å². The van der Waals surface area contributed by atoms with Crippen molar-refractivity contribution in [3.8, 4) is 0 Å². The van der Waals surface area contributed by atoms with E-state index in [4.69, 9.17) is 9.97 Å². The van der Waals surface area contributed by atoms with E-state index >= 15 is 0 Å². The van der Waals surface area contributed by atoms with E-state index in [2.05, 4.69) is 39.9 Å². The van der Waals surface area contributed by atoms with Crippen molar-refractivity contribution in [1.29, 1.82) is 0 Å². The maximum atomic E-state index is 4.81. The zero-order valence-corrected chi connectivity index (χ0v) is 13.7. The van der Waals surface area contributed by atoms with Crippen LogP contribution in [0.3, 0.4) is 0 Å². The third-order valence-electron chi connectivity index (χ3n) is 4.03. The van der Waals surface area contributed by atoms with Gasteiger partial charge in [0.2, 0.25) is 0 Å². The largest absolute Gasteiger partial charge is 0.314 e. The number of aryl methyl sites for hydroxylation is 2. The van der Waals surface area contributed by atoms with Crippen LogP contribution in [-0.4, -0.2) is 22.6 Å². The average molecular weight is 275 g/mol. The smallest absolute Gasteiger partial charge is 0.129 e. The van der Waals surface area contributed by atoms with E-state index in [1.54, 1.807) is 0 Å². The van der Waals surface area contributed by atoms with Gasteiger partial charge >= 0.3 is 0 Å². The lowest BCUT2D eigenvalue weighted by atomic mass is 9.85. The molecule has 3 heteroatoms. The molecule has 1 heterocycles. The molecule has 0 spiro atoms. The normalized spacial score (nSPS) is 18.6. The van der Waals surface area contributed by atoms with E-state index in [9.17, 15) is 0 Å². The van der Waals surface area contributed by atoms with Crippen LogP contribution in [0.15, 0.2) is 0 Å². The number of hydrogen-bond donors (Lipinski definition) is 1. The lowest BCUT2D eigenvalue weighted by Crippen LogP contribution is -2.32. The summed E-state index contributed by atoms with van der Waals surface area (Å²) in [5.74, 6) is 2.40. The molecule has 1 aromatic rings. The number of fused-ring (bicyclic) bond motifs is 1. The summed E-state index contributed by atoms with van der Waals surface area (Å²) in [7, 11) is 0. The van der Waals surface area contributed by atoms with Crippen LogP contribution < -0.4 is 5.32 Å². The minimum Gasteiger partial charge on any atom is -0.314 e. The van der Waals surface area contributed by atoms with E-state index in [0.717, 1.165) is 37.5 Å². The first kappa shape index (κ1) is 15.4. The highest BCUT2D eigenvalue weighted by Gasteiger charge is 2.22. The molecule has 1 aliphatic carbocycles. The molecule has 1 aromatic heterocycles. The molecule has 0 radical (unpaired) electrons. The molecule has 1 aliphatic rings. The first-order valence-electron chi connectivity index (χ1n) is 8.04. The first-order valence-corrected chi connectivity index (χ1v) is 8.04. The minimum atomic E-state index is 0.571. The lowest BCUT2D eigenvalue weighted by molar-refractivity contribution is 0.400. The van der Waals surface area contributed by atoms with Crippen molar-refractivity contribution in [2.45, 2.75) is 66.3 Å². The molecule has 20 heavy (non-hydrogen) atoms. The third kappa shape index (κ3) is 4.02. The number of hydrogen-bond acceptors (Lipinski definition) is 3. The Kier molecular flexibility index (Phi) is 5.14. The maximum Gasteiger partial charge on any atom is 0.129 e. The van der Waals surface area contributed by atoms with Gasteiger partial charge in [-0.1, -0.05) is 27.7 Å². The monoisotopic (exact) mass is 275 g/mol. The summed E-state index contributed by atoms with van der Waals surface area (Å²) in [5.41, 5.74) is 3.94. The third-order valence-corrected chi connectivity index (χ3v) is 4.03. The molecule has 2 rings (SSSR count). The van der Waals surface area contributed by atoms with Crippen LogP contribution in [0.1, 0.15) is 56.9 Å². The lowest BCUT2D eigenvalue weighted by Gasteiger charge is -2.26.